The zero-order chi connectivity index (χ0) is 24.0. The molecule has 174 valence electrons. The van der Waals surface area contributed by atoms with Gasteiger partial charge in [0.15, 0.2) is 5.03 Å². The largest absolute Gasteiger partial charge is 0.494 e. The van der Waals surface area contributed by atoms with Gasteiger partial charge in [0.1, 0.15) is 16.4 Å². The molecule has 0 amide bonds. The second kappa shape index (κ2) is 11.0. The maximum atomic E-state index is 12.3. The molecule has 0 bridgehead atoms. The first-order valence-corrected chi connectivity index (χ1v) is 11.2. The second-order valence-corrected chi connectivity index (χ2v) is 7.54. The van der Waals surface area contributed by atoms with Gasteiger partial charge < -0.3 is 15.0 Å². The highest BCUT2D eigenvalue weighted by atomic mass is 35.5. The van der Waals surface area contributed by atoms with Gasteiger partial charge in [0.2, 0.25) is 5.82 Å². The number of hydrogen-bond acceptors (Lipinski definition) is 7. The molecule has 0 aliphatic carbocycles. The Labute approximate surface area is 201 Å². The molecule has 0 unspecified atom stereocenters. The van der Waals surface area contributed by atoms with Gasteiger partial charge in [-0.25, -0.2) is 0 Å². The van der Waals surface area contributed by atoms with E-state index in [2.05, 4.69) is 15.6 Å². The number of ether oxygens (including phenoxy) is 1. The molecule has 0 aliphatic rings. The number of anilines is 1. The van der Waals surface area contributed by atoms with Crippen LogP contribution in [0.15, 0.2) is 64.4 Å². The van der Waals surface area contributed by atoms with E-state index < -0.39 is 10.6 Å². The Kier molecular flexibility index (Phi) is 8.13. The van der Waals surface area contributed by atoms with E-state index in [1.807, 2.05) is 26.8 Å². The zero-order valence-corrected chi connectivity index (χ0v) is 20.0. The number of halogens is 2. The maximum Gasteiger partial charge on any atom is 0.333 e. The van der Waals surface area contributed by atoms with Crippen LogP contribution in [0, 0.1) is 10.1 Å². The molecule has 1 N–H and O–H groups in total. The summed E-state index contributed by atoms with van der Waals surface area (Å²) in [4.78, 5) is 13.4. The molecule has 0 saturated carbocycles. The summed E-state index contributed by atoms with van der Waals surface area (Å²) in [7, 11) is 0. The van der Waals surface area contributed by atoms with Crippen LogP contribution in [0.1, 0.15) is 20.8 Å². The van der Waals surface area contributed by atoms with E-state index in [0.717, 1.165) is 0 Å². The summed E-state index contributed by atoms with van der Waals surface area (Å²) in [5, 5.41) is 23.5. The number of fused-ring (bicyclic) bond motifs is 1. The fourth-order valence-electron chi connectivity index (χ4n) is 3.19. The Morgan fingerprint density at radius 1 is 1.12 bits per heavy atom. The number of nitrogens with one attached hydrogen (secondary N) is 1. The molecular weight excluding hydrogens is 467 g/mol. The minimum Gasteiger partial charge on any atom is -0.494 e. The van der Waals surface area contributed by atoms with Crippen molar-refractivity contribution in [3.8, 4) is 5.75 Å². The average Bonchev–Trinajstić information content (AvgIpc) is 3.24. The van der Waals surface area contributed by atoms with E-state index in [1.54, 1.807) is 47.4 Å². The van der Waals surface area contributed by atoms with Crippen molar-refractivity contribution < 1.29 is 9.66 Å². The van der Waals surface area contributed by atoms with Crippen molar-refractivity contribution in [2.24, 2.45) is 0 Å². The Hall–Kier alpha value is -3.30. The molecule has 1 heterocycles. The van der Waals surface area contributed by atoms with Crippen molar-refractivity contribution >= 4 is 45.7 Å². The summed E-state index contributed by atoms with van der Waals surface area (Å²) in [5.74, 6) is 0.685. The van der Waals surface area contributed by atoms with Crippen molar-refractivity contribution in [1.82, 2.24) is 19.9 Å². The van der Waals surface area contributed by atoms with Crippen molar-refractivity contribution in [2.75, 3.05) is 25.0 Å². The van der Waals surface area contributed by atoms with Crippen molar-refractivity contribution in [3.05, 3.63) is 74.5 Å². The van der Waals surface area contributed by atoms with Crippen molar-refractivity contribution in [3.63, 3.8) is 0 Å². The van der Waals surface area contributed by atoms with E-state index in [0.29, 0.717) is 42.2 Å². The predicted octanol–water partition coefficient (Wildman–Crippen LogP) is 5.33. The molecule has 9 nitrogen and oxygen atoms in total. The molecule has 3 rings (SSSR count). The summed E-state index contributed by atoms with van der Waals surface area (Å²) in [6, 6.07) is 14.1. The molecule has 0 fully saturated rings. The Balaban J connectivity index is 2.24. The van der Waals surface area contributed by atoms with Gasteiger partial charge in [0.05, 0.1) is 17.0 Å². The number of hydrogen-bond donors (Lipinski definition) is 1. The van der Waals surface area contributed by atoms with Crippen LogP contribution >= 0.6 is 23.2 Å². The van der Waals surface area contributed by atoms with Crippen LogP contribution in [0.2, 0.25) is 0 Å². The summed E-state index contributed by atoms with van der Waals surface area (Å²) in [6.45, 7) is 7.25. The number of nitrogens with zero attached hydrogens (tertiary/aromatic N) is 5. The van der Waals surface area contributed by atoms with Crippen LogP contribution < -0.4 is 10.1 Å². The van der Waals surface area contributed by atoms with Crippen molar-refractivity contribution in [1.29, 1.82) is 0 Å². The summed E-state index contributed by atoms with van der Waals surface area (Å²) < 4.78 is 6.82. The summed E-state index contributed by atoms with van der Waals surface area (Å²) in [5.41, 5.74) is 1.27. The highest BCUT2D eigenvalue weighted by Crippen LogP contribution is 2.31. The molecule has 0 radical (unpaired) electrons. The van der Waals surface area contributed by atoms with Gasteiger partial charge >= 0.3 is 5.70 Å². The lowest BCUT2D eigenvalue weighted by Crippen LogP contribution is -2.22. The lowest BCUT2D eigenvalue weighted by molar-refractivity contribution is -0.419. The van der Waals surface area contributed by atoms with Gasteiger partial charge in [0.25, 0.3) is 0 Å². The molecule has 0 spiro atoms. The summed E-state index contributed by atoms with van der Waals surface area (Å²) >= 11 is 13.0. The molecule has 0 aliphatic heterocycles. The van der Waals surface area contributed by atoms with Crippen LogP contribution in [0.5, 0.6) is 5.75 Å². The predicted molar refractivity (Wildman–Crippen MR) is 131 cm³/mol. The third kappa shape index (κ3) is 5.37. The molecule has 1 aromatic heterocycles. The highest BCUT2D eigenvalue weighted by molar-refractivity contribution is 6.40. The Bertz CT molecular complexity index is 1190. The van der Waals surface area contributed by atoms with Crippen LogP contribution in [-0.4, -0.2) is 44.5 Å². The lowest BCUT2D eigenvalue weighted by atomic mass is 10.2. The van der Waals surface area contributed by atoms with Crippen LogP contribution in [0.3, 0.4) is 0 Å². The lowest BCUT2D eigenvalue weighted by Gasteiger charge is -2.21. The maximum absolute atomic E-state index is 12.3. The molecule has 2 aromatic carbocycles. The monoisotopic (exact) mass is 490 g/mol. The molecule has 3 aromatic rings. The molecule has 33 heavy (non-hydrogen) atoms. The van der Waals surface area contributed by atoms with Crippen LogP contribution in [0.4, 0.5) is 5.69 Å². The van der Waals surface area contributed by atoms with Gasteiger partial charge in [-0.15, -0.1) is 5.10 Å². The number of rotatable bonds is 10. The molecule has 0 atom stereocenters. The van der Waals surface area contributed by atoms with Gasteiger partial charge in [0, 0.05) is 18.8 Å². The fourth-order valence-corrected chi connectivity index (χ4v) is 3.80. The SMILES string of the molecule is CCOc1ccc(N/C(=C(/C(Cl)=C(/Cl)N(CC)CC)[N+](=O)[O-])n2nnc3ccccc32)cc1. The minimum absolute atomic E-state index is 0.00756. The van der Waals surface area contributed by atoms with Crippen LogP contribution in [-0.2, 0) is 0 Å². The summed E-state index contributed by atoms with van der Waals surface area (Å²) in [6.07, 6.45) is 0. The second-order valence-electron chi connectivity index (χ2n) is 6.80. The zero-order valence-electron chi connectivity index (χ0n) is 18.5. The fraction of sp³-hybridized carbons (Fsp3) is 0.273. The minimum atomic E-state index is -0.582. The first kappa shape index (κ1) is 24.3. The number of nitro groups is 1. The van der Waals surface area contributed by atoms with E-state index in [-0.39, 0.29) is 16.0 Å². The Morgan fingerprint density at radius 3 is 2.39 bits per heavy atom. The van der Waals surface area contributed by atoms with E-state index >= 15 is 0 Å². The van der Waals surface area contributed by atoms with E-state index in [1.165, 1.54) is 4.68 Å². The third-order valence-electron chi connectivity index (χ3n) is 4.83. The number of benzene rings is 2. The number of para-hydroxylation sites is 1. The standard InChI is InChI=1S/C22H24Cl2N6O3/c1-4-28(5-2)21(24)19(23)20(30(31)32)22(25-15-11-13-16(14-12-15)33-6-3)29-18-10-8-7-9-17(18)26-27-29/h7-14,25H,4-6H2,1-3H3/b21-19+,22-20+. The van der Waals surface area contributed by atoms with Crippen molar-refractivity contribution in [2.45, 2.75) is 20.8 Å². The van der Waals surface area contributed by atoms with Gasteiger partial charge in [-0.2, -0.15) is 4.68 Å². The molecular formula is C22H24Cl2N6O3. The first-order valence-electron chi connectivity index (χ1n) is 10.4. The smallest absolute Gasteiger partial charge is 0.333 e. The first-order chi connectivity index (χ1) is 15.9. The Morgan fingerprint density at radius 2 is 1.79 bits per heavy atom. The van der Waals surface area contributed by atoms with Gasteiger partial charge in [-0.3, -0.25) is 10.1 Å². The van der Waals surface area contributed by atoms with E-state index in [4.69, 9.17) is 27.9 Å². The molecule has 11 heteroatoms. The van der Waals surface area contributed by atoms with Crippen LogP contribution in [0.25, 0.3) is 16.9 Å². The number of aromatic nitrogens is 3. The quantitative estimate of drug-likeness (QED) is 0.177. The number of allylic oxidation sites excluding steroid dienone is 1. The van der Waals surface area contributed by atoms with E-state index in [9.17, 15) is 10.1 Å². The highest BCUT2D eigenvalue weighted by Gasteiger charge is 2.30. The topological polar surface area (TPSA) is 98.3 Å². The van der Waals surface area contributed by atoms with Gasteiger partial charge in [-0.05, 0) is 57.2 Å². The average molecular weight is 491 g/mol. The normalized spacial score (nSPS) is 12.8. The molecule has 0 saturated heterocycles. The van der Waals surface area contributed by atoms with Gasteiger partial charge in [-0.1, -0.05) is 40.5 Å². The third-order valence-corrected chi connectivity index (χ3v) is 5.71.